The molecule has 0 spiro atoms. The zero-order chi connectivity index (χ0) is 15.8. The molecule has 1 atom stereocenters. The number of carboxylic acids is 1. The Morgan fingerprint density at radius 3 is 2.71 bits per heavy atom. The van der Waals surface area contributed by atoms with Gasteiger partial charge in [-0.1, -0.05) is 12.1 Å². The Morgan fingerprint density at radius 2 is 2.24 bits per heavy atom. The van der Waals surface area contributed by atoms with Gasteiger partial charge in [0.05, 0.1) is 12.5 Å². The molecular weight excluding hydrogens is 292 g/mol. The van der Waals surface area contributed by atoms with Crippen molar-refractivity contribution < 1.29 is 19.5 Å². The van der Waals surface area contributed by atoms with Crippen LogP contribution in [0.4, 0.5) is 0 Å². The number of hydrogen-bond acceptors (Lipinski definition) is 4. The average molecular weight is 310 g/mol. The van der Waals surface area contributed by atoms with Gasteiger partial charge in [0, 0.05) is 18.3 Å². The van der Waals surface area contributed by atoms with Crippen LogP contribution in [0.5, 0.6) is 0 Å². The van der Waals surface area contributed by atoms with E-state index in [1.807, 2.05) is 17.5 Å². The summed E-state index contributed by atoms with van der Waals surface area (Å²) in [5.74, 6) is -1.67. The lowest BCUT2D eigenvalue weighted by Crippen LogP contribution is -2.38. The Balaban J connectivity index is 2.80. The number of hydrogen-bond donors (Lipinski definition) is 2. The van der Waals surface area contributed by atoms with Crippen LogP contribution in [0.3, 0.4) is 0 Å². The van der Waals surface area contributed by atoms with Crippen LogP contribution in [-0.4, -0.2) is 40.9 Å². The van der Waals surface area contributed by atoms with E-state index in [2.05, 4.69) is 11.9 Å². The third-order valence-electron chi connectivity index (χ3n) is 2.67. The summed E-state index contributed by atoms with van der Waals surface area (Å²) in [6.45, 7) is 4.66. The molecule has 0 aliphatic carbocycles. The fourth-order valence-corrected chi connectivity index (χ4v) is 2.61. The van der Waals surface area contributed by atoms with Gasteiger partial charge in [0.1, 0.15) is 6.54 Å². The highest BCUT2D eigenvalue weighted by atomic mass is 32.1. The molecule has 114 valence electrons. The maximum absolute atomic E-state index is 12.2. The van der Waals surface area contributed by atoms with Gasteiger partial charge in [-0.15, -0.1) is 17.9 Å². The van der Waals surface area contributed by atoms with Gasteiger partial charge >= 0.3 is 5.97 Å². The van der Waals surface area contributed by atoms with Crippen LogP contribution in [0.1, 0.15) is 24.3 Å². The molecule has 0 saturated heterocycles. The quantitative estimate of drug-likeness (QED) is 0.711. The molecule has 0 fully saturated rings. The largest absolute Gasteiger partial charge is 0.480 e. The fourth-order valence-electron chi connectivity index (χ4n) is 1.84. The van der Waals surface area contributed by atoms with Crippen molar-refractivity contribution in [2.75, 3.05) is 13.1 Å². The van der Waals surface area contributed by atoms with Crippen molar-refractivity contribution >= 4 is 29.1 Å². The van der Waals surface area contributed by atoms with Crippen molar-refractivity contribution in [3.05, 3.63) is 35.0 Å². The number of aliphatic carboxylic acids is 1. The molecule has 1 heterocycles. The number of rotatable bonds is 8. The lowest BCUT2D eigenvalue weighted by Gasteiger charge is -2.22. The summed E-state index contributed by atoms with van der Waals surface area (Å²) >= 11 is 1.43. The van der Waals surface area contributed by atoms with Crippen LogP contribution in [0.2, 0.25) is 0 Å². The second kappa shape index (κ2) is 8.21. The Bertz CT molecular complexity index is 513. The summed E-state index contributed by atoms with van der Waals surface area (Å²) < 4.78 is 0. The van der Waals surface area contributed by atoms with E-state index in [0.717, 1.165) is 4.88 Å². The number of nitrogens with zero attached hydrogens (tertiary/aromatic N) is 1. The van der Waals surface area contributed by atoms with Crippen LogP contribution in [0.25, 0.3) is 0 Å². The molecule has 0 saturated carbocycles. The molecule has 1 aromatic rings. The minimum Gasteiger partial charge on any atom is -0.480 e. The maximum atomic E-state index is 12.2. The number of carbonyl (C=O) groups excluding carboxylic acids is 2. The molecule has 1 unspecified atom stereocenters. The molecule has 0 aromatic carbocycles. The zero-order valence-corrected chi connectivity index (χ0v) is 12.6. The van der Waals surface area contributed by atoms with E-state index >= 15 is 0 Å². The molecule has 2 N–H and O–H groups in total. The summed E-state index contributed by atoms with van der Waals surface area (Å²) in [7, 11) is 0. The number of thiophene rings is 1. The molecule has 0 radical (unpaired) electrons. The number of carboxylic acid groups (broad SMARTS) is 1. The Hall–Kier alpha value is -2.15. The van der Waals surface area contributed by atoms with Crippen LogP contribution >= 0.6 is 11.3 Å². The van der Waals surface area contributed by atoms with E-state index in [0.29, 0.717) is 0 Å². The van der Waals surface area contributed by atoms with Gasteiger partial charge in [-0.3, -0.25) is 14.4 Å². The summed E-state index contributed by atoms with van der Waals surface area (Å²) in [4.78, 5) is 36.3. The predicted octanol–water partition coefficient (Wildman–Crippen LogP) is 1.41. The summed E-state index contributed by atoms with van der Waals surface area (Å²) in [5, 5.41) is 13.4. The monoisotopic (exact) mass is 310 g/mol. The molecule has 21 heavy (non-hydrogen) atoms. The van der Waals surface area contributed by atoms with Crippen LogP contribution in [-0.2, 0) is 14.4 Å². The average Bonchev–Trinajstić information content (AvgIpc) is 2.90. The second-order valence-corrected chi connectivity index (χ2v) is 5.41. The van der Waals surface area contributed by atoms with Crippen LogP contribution in [0.15, 0.2) is 30.2 Å². The Morgan fingerprint density at radius 1 is 1.52 bits per heavy atom. The van der Waals surface area contributed by atoms with Gasteiger partial charge in [-0.25, -0.2) is 0 Å². The smallest absolute Gasteiger partial charge is 0.323 e. The molecule has 0 aliphatic heterocycles. The Kier molecular flexibility index (Phi) is 6.61. The second-order valence-electron chi connectivity index (χ2n) is 4.43. The third-order valence-corrected chi connectivity index (χ3v) is 3.66. The first-order valence-corrected chi connectivity index (χ1v) is 7.23. The molecule has 2 amide bonds. The van der Waals surface area contributed by atoms with Crippen LogP contribution < -0.4 is 5.32 Å². The van der Waals surface area contributed by atoms with Gasteiger partial charge in [0.2, 0.25) is 11.8 Å². The van der Waals surface area contributed by atoms with E-state index in [9.17, 15) is 14.4 Å². The topological polar surface area (TPSA) is 86.7 Å². The zero-order valence-electron chi connectivity index (χ0n) is 11.7. The molecule has 0 aliphatic rings. The third kappa shape index (κ3) is 5.78. The SMILES string of the molecule is C=CCN(CC(=O)O)C(=O)CC(NC(C)=O)c1cccs1. The van der Waals surface area contributed by atoms with Crippen molar-refractivity contribution in [3.63, 3.8) is 0 Å². The lowest BCUT2D eigenvalue weighted by atomic mass is 10.1. The van der Waals surface area contributed by atoms with E-state index in [-0.39, 0.29) is 31.3 Å². The molecule has 0 bridgehead atoms. The number of nitrogens with one attached hydrogen (secondary N) is 1. The first-order valence-electron chi connectivity index (χ1n) is 6.35. The standard InChI is InChI=1S/C14H18N2O4S/c1-3-6-16(9-14(19)20)13(18)8-11(15-10(2)17)12-5-4-7-21-12/h3-5,7,11H,1,6,8-9H2,2H3,(H,15,17)(H,19,20). The van der Waals surface area contributed by atoms with Gasteiger partial charge in [0.15, 0.2) is 0 Å². The van der Waals surface area contributed by atoms with Crippen molar-refractivity contribution in [3.8, 4) is 0 Å². The highest BCUT2D eigenvalue weighted by molar-refractivity contribution is 7.10. The highest BCUT2D eigenvalue weighted by Crippen LogP contribution is 2.22. The molecule has 6 nitrogen and oxygen atoms in total. The maximum Gasteiger partial charge on any atom is 0.323 e. The van der Waals surface area contributed by atoms with E-state index in [4.69, 9.17) is 5.11 Å². The summed E-state index contributed by atoms with van der Waals surface area (Å²) in [5.41, 5.74) is 0. The normalized spacial score (nSPS) is 11.5. The first kappa shape index (κ1) is 16.9. The number of carbonyl (C=O) groups is 3. The predicted molar refractivity (Wildman–Crippen MR) is 79.9 cm³/mol. The van der Waals surface area contributed by atoms with Gasteiger partial charge < -0.3 is 15.3 Å². The highest BCUT2D eigenvalue weighted by Gasteiger charge is 2.22. The molecule has 1 rings (SSSR count). The number of amides is 2. The van der Waals surface area contributed by atoms with Gasteiger partial charge in [-0.2, -0.15) is 0 Å². The first-order chi connectivity index (χ1) is 9.93. The van der Waals surface area contributed by atoms with Crippen molar-refractivity contribution in [1.82, 2.24) is 10.2 Å². The van der Waals surface area contributed by atoms with Gasteiger partial charge in [0.25, 0.3) is 0 Å². The van der Waals surface area contributed by atoms with E-state index in [1.165, 1.54) is 29.2 Å². The lowest BCUT2D eigenvalue weighted by molar-refractivity contribution is -0.144. The molecular formula is C14H18N2O4S. The Labute approximate surface area is 127 Å². The molecule has 1 aromatic heterocycles. The summed E-state index contributed by atoms with van der Waals surface area (Å²) in [6.07, 6.45) is 1.49. The van der Waals surface area contributed by atoms with E-state index < -0.39 is 12.0 Å². The van der Waals surface area contributed by atoms with Crippen molar-refractivity contribution in [2.45, 2.75) is 19.4 Å². The minimum atomic E-state index is -1.09. The summed E-state index contributed by atoms with van der Waals surface area (Å²) in [6, 6.07) is 3.21. The van der Waals surface area contributed by atoms with E-state index in [1.54, 1.807) is 0 Å². The van der Waals surface area contributed by atoms with Crippen LogP contribution in [0, 0.1) is 0 Å². The molecule has 7 heteroatoms. The fraction of sp³-hybridized carbons (Fsp3) is 0.357. The minimum absolute atomic E-state index is 0.0151. The van der Waals surface area contributed by atoms with Gasteiger partial charge in [-0.05, 0) is 11.4 Å². The van der Waals surface area contributed by atoms with Crippen molar-refractivity contribution in [2.24, 2.45) is 0 Å². The van der Waals surface area contributed by atoms with Crippen molar-refractivity contribution in [1.29, 1.82) is 0 Å².